The molecule has 0 aliphatic carbocycles. The highest BCUT2D eigenvalue weighted by Crippen LogP contribution is 2.37. The number of hydrogen-bond acceptors (Lipinski definition) is 7. The fourth-order valence-corrected chi connectivity index (χ4v) is 5.44. The molecule has 3 amide bonds. The molecule has 1 aliphatic heterocycles. The zero-order valence-corrected chi connectivity index (χ0v) is 19.3. The van der Waals surface area contributed by atoms with E-state index in [0.29, 0.717) is 35.8 Å². The molecular weight excluding hydrogens is 460 g/mol. The van der Waals surface area contributed by atoms with Crippen LogP contribution in [-0.2, 0) is 22.6 Å². The van der Waals surface area contributed by atoms with E-state index in [1.165, 1.54) is 36.3 Å². The van der Waals surface area contributed by atoms with Gasteiger partial charge in [-0.25, -0.2) is 0 Å². The Morgan fingerprint density at radius 2 is 2.09 bits per heavy atom. The van der Waals surface area contributed by atoms with Crippen LogP contribution < -0.4 is 10.6 Å². The number of nitriles is 1. The van der Waals surface area contributed by atoms with Crippen LogP contribution in [0.15, 0.2) is 52.0 Å². The second kappa shape index (κ2) is 9.94. The Balaban J connectivity index is 1.37. The number of thioether (sulfide) groups is 1. The van der Waals surface area contributed by atoms with Gasteiger partial charge >= 0.3 is 0 Å². The maximum absolute atomic E-state index is 12.6. The summed E-state index contributed by atoms with van der Waals surface area (Å²) >= 11 is 2.67. The summed E-state index contributed by atoms with van der Waals surface area (Å²) in [5.41, 5.74) is 2.00. The van der Waals surface area contributed by atoms with Crippen LogP contribution in [0, 0.1) is 11.3 Å². The molecule has 0 saturated carbocycles. The molecule has 4 rings (SSSR count). The minimum atomic E-state index is -0.353. The molecule has 8 nitrogen and oxygen atoms in total. The Morgan fingerprint density at radius 1 is 1.24 bits per heavy atom. The first-order valence-corrected chi connectivity index (χ1v) is 11.9. The predicted molar refractivity (Wildman–Crippen MR) is 126 cm³/mol. The highest BCUT2D eigenvalue weighted by Gasteiger charge is 2.26. The zero-order chi connectivity index (χ0) is 23.4. The third kappa shape index (κ3) is 5.27. The van der Waals surface area contributed by atoms with Gasteiger partial charge < -0.3 is 20.0 Å². The van der Waals surface area contributed by atoms with Crippen molar-refractivity contribution in [3.05, 3.63) is 64.4 Å². The lowest BCUT2D eigenvalue weighted by Gasteiger charge is -2.25. The van der Waals surface area contributed by atoms with Gasteiger partial charge in [0, 0.05) is 28.9 Å². The third-order valence-electron chi connectivity index (χ3n) is 5.07. The first kappa shape index (κ1) is 22.6. The van der Waals surface area contributed by atoms with E-state index < -0.39 is 0 Å². The van der Waals surface area contributed by atoms with E-state index in [-0.39, 0.29) is 29.2 Å². The van der Waals surface area contributed by atoms with Crippen molar-refractivity contribution in [2.75, 3.05) is 22.9 Å². The number of thiophene rings is 1. The lowest BCUT2D eigenvalue weighted by atomic mass is 10.0. The summed E-state index contributed by atoms with van der Waals surface area (Å²) in [6, 6.07) is 12.6. The minimum absolute atomic E-state index is 0.00266. The Bertz CT molecular complexity index is 1240. The molecule has 1 aromatic carbocycles. The van der Waals surface area contributed by atoms with E-state index in [1.54, 1.807) is 35.2 Å². The Hall–Kier alpha value is -3.55. The van der Waals surface area contributed by atoms with Gasteiger partial charge in [0.1, 0.15) is 11.1 Å². The molecule has 1 aliphatic rings. The van der Waals surface area contributed by atoms with Crippen molar-refractivity contribution in [1.82, 2.24) is 4.90 Å². The van der Waals surface area contributed by atoms with Crippen LogP contribution >= 0.6 is 23.1 Å². The number of nitrogens with zero attached hydrogens (tertiary/aromatic N) is 2. The van der Waals surface area contributed by atoms with Gasteiger partial charge in [-0.1, -0.05) is 6.07 Å². The normalized spacial score (nSPS) is 12.5. The van der Waals surface area contributed by atoms with Crippen LogP contribution in [0.1, 0.15) is 33.5 Å². The molecule has 2 N–H and O–H groups in total. The van der Waals surface area contributed by atoms with Crippen molar-refractivity contribution >= 4 is 51.5 Å². The van der Waals surface area contributed by atoms with Gasteiger partial charge in [0.05, 0.1) is 24.1 Å². The second-order valence-corrected chi connectivity index (χ2v) is 9.46. The molecule has 33 heavy (non-hydrogen) atoms. The lowest BCUT2D eigenvalue weighted by molar-refractivity contribution is -0.129. The number of benzene rings is 1. The predicted octanol–water partition coefficient (Wildman–Crippen LogP) is 4.10. The summed E-state index contributed by atoms with van der Waals surface area (Å²) in [5, 5.41) is 15.7. The monoisotopic (exact) mass is 480 g/mol. The molecule has 0 spiro atoms. The van der Waals surface area contributed by atoms with Crippen LogP contribution in [0.5, 0.6) is 0 Å². The minimum Gasteiger partial charge on any atom is -0.459 e. The van der Waals surface area contributed by atoms with Crippen LogP contribution in [0.4, 0.5) is 10.7 Å². The van der Waals surface area contributed by atoms with Crippen molar-refractivity contribution in [1.29, 1.82) is 5.26 Å². The fraction of sp³-hybridized carbons (Fsp3) is 0.217. The lowest BCUT2D eigenvalue weighted by Crippen LogP contribution is -2.33. The molecule has 0 bridgehead atoms. The number of furan rings is 1. The number of carbonyl (C=O) groups excluding carboxylic acids is 3. The van der Waals surface area contributed by atoms with Crippen molar-refractivity contribution in [3.63, 3.8) is 0 Å². The molecule has 0 atom stereocenters. The topological polar surface area (TPSA) is 115 Å². The van der Waals surface area contributed by atoms with E-state index in [0.717, 1.165) is 15.3 Å². The Labute approximate surface area is 198 Å². The second-order valence-electron chi connectivity index (χ2n) is 7.31. The summed E-state index contributed by atoms with van der Waals surface area (Å²) in [4.78, 5) is 39.9. The third-order valence-corrected chi connectivity index (χ3v) is 7.20. The van der Waals surface area contributed by atoms with Crippen LogP contribution in [0.2, 0.25) is 0 Å². The van der Waals surface area contributed by atoms with Crippen LogP contribution in [-0.4, -0.2) is 34.9 Å². The highest BCUT2D eigenvalue weighted by atomic mass is 32.2. The molecule has 2 aromatic heterocycles. The maximum Gasteiger partial charge on any atom is 0.291 e. The van der Waals surface area contributed by atoms with E-state index in [1.807, 2.05) is 6.07 Å². The number of anilines is 2. The number of carbonyl (C=O) groups is 3. The molecule has 0 radical (unpaired) electrons. The van der Waals surface area contributed by atoms with Crippen LogP contribution in [0.3, 0.4) is 0 Å². The van der Waals surface area contributed by atoms with Crippen molar-refractivity contribution in [2.24, 2.45) is 0 Å². The standard InChI is InChI=1S/C23H20N4O4S2/c1-14(28)27-8-7-17-18(11-24)23(33-20(17)12-27)26-21(29)13-32-16-5-2-4-15(10-16)25-22(30)19-6-3-9-31-19/h2-6,9-10H,7-8,12-13H2,1H3,(H,25,30)(H,26,29). The van der Waals surface area contributed by atoms with Gasteiger partial charge in [-0.05, 0) is 42.3 Å². The first-order chi connectivity index (χ1) is 15.9. The molecule has 10 heteroatoms. The van der Waals surface area contributed by atoms with E-state index in [2.05, 4.69) is 16.7 Å². The van der Waals surface area contributed by atoms with Gasteiger partial charge in [0.15, 0.2) is 5.76 Å². The summed E-state index contributed by atoms with van der Waals surface area (Å²) in [5.74, 6) is -0.233. The molecule has 3 aromatic rings. The molecular formula is C23H20N4O4S2. The van der Waals surface area contributed by atoms with Gasteiger partial charge in [-0.2, -0.15) is 5.26 Å². The number of hydrogen-bond donors (Lipinski definition) is 2. The highest BCUT2D eigenvalue weighted by molar-refractivity contribution is 8.00. The fourth-order valence-electron chi connectivity index (χ4n) is 3.45. The summed E-state index contributed by atoms with van der Waals surface area (Å²) in [6.07, 6.45) is 2.04. The largest absolute Gasteiger partial charge is 0.459 e. The van der Waals surface area contributed by atoms with E-state index in [4.69, 9.17) is 4.42 Å². The number of amides is 3. The smallest absolute Gasteiger partial charge is 0.291 e. The number of rotatable bonds is 6. The Morgan fingerprint density at radius 3 is 2.82 bits per heavy atom. The average molecular weight is 481 g/mol. The molecule has 0 fully saturated rings. The first-order valence-electron chi connectivity index (χ1n) is 10.1. The SMILES string of the molecule is CC(=O)N1CCc2c(sc(NC(=O)CSc3cccc(NC(=O)c4ccco4)c3)c2C#N)C1. The Kier molecular flexibility index (Phi) is 6.82. The molecule has 3 heterocycles. The molecule has 168 valence electrons. The molecule has 0 unspecified atom stereocenters. The molecule has 0 saturated heterocycles. The van der Waals surface area contributed by atoms with E-state index in [9.17, 15) is 19.6 Å². The zero-order valence-electron chi connectivity index (χ0n) is 17.7. The van der Waals surface area contributed by atoms with Gasteiger partial charge in [0.2, 0.25) is 11.8 Å². The van der Waals surface area contributed by atoms with Crippen molar-refractivity contribution in [3.8, 4) is 6.07 Å². The van der Waals surface area contributed by atoms with Gasteiger partial charge in [0.25, 0.3) is 5.91 Å². The summed E-state index contributed by atoms with van der Waals surface area (Å²) < 4.78 is 5.09. The van der Waals surface area contributed by atoms with Crippen molar-refractivity contribution in [2.45, 2.75) is 24.8 Å². The van der Waals surface area contributed by atoms with E-state index >= 15 is 0 Å². The summed E-state index contributed by atoms with van der Waals surface area (Å²) in [6.45, 7) is 2.57. The van der Waals surface area contributed by atoms with Gasteiger partial charge in [-0.15, -0.1) is 23.1 Å². The number of nitrogens with one attached hydrogen (secondary N) is 2. The van der Waals surface area contributed by atoms with Crippen LogP contribution in [0.25, 0.3) is 0 Å². The quantitative estimate of drug-likeness (QED) is 0.513. The maximum atomic E-state index is 12.6. The van der Waals surface area contributed by atoms with Crippen molar-refractivity contribution < 1.29 is 18.8 Å². The number of fused-ring (bicyclic) bond motifs is 1. The average Bonchev–Trinajstić information content (AvgIpc) is 3.45. The summed E-state index contributed by atoms with van der Waals surface area (Å²) in [7, 11) is 0. The van der Waals surface area contributed by atoms with Gasteiger partial charge in [-0.3, -0.25) is 14.4 Å².